The van der Waals surface area contributed by atoms with Crippen molar-refractivity contribution < 1.29 is 4.92 Å². The molecule has 0 saturated heterocycles. The van der Waals surface area contributed by atoms with Gasteiger partial charge in [0, 0.05) is 42.9 Å². The molecule has 1 aromatic heterocycles. The number of nitrogens with zero attached hydrogens (tertiary/aromatic N) is 3. The third-order valence-corrected chi connectivity index (χ3v) is 3.65. The quantitative estimate of drug-likeness (QED) is 0.669. The van der Waals surface area contributed by atoms with Crippen LogP contribution in [0.15, 0.2) is 35.1 Å². The summed E-state index contributed by atoms with van der Waals surface area (Å²) in [6.45, 7) is 0.488. The molecule has 22 heavy (non-hydrogen) atoms. The molecule has 0 spiro atoms. The fraction of sp³-hybridized carbons (Fsp3) is 0.333. The lowest BCUT2D eigenvalue weighted by Gasteiger charge is -2.08. The molecule has 7 heteroatoms. The Morgan fingerprint density at radius 1 is 1.41 bits per heavy atom. The Morgan fingerprint density at radius 3 is 2.86 bits per heavy atom. The molecule has 1 aromatic carbocycles. The number of aryl methyl sites for hydroxylation is 1. The van der Waals surface area contributed by atoms with Crippen LogP contribution in [0.1, 0.15) is 18.4 Å². The zero-order chi connectivity index (χ0) is 15.7. The van der Waals surface area contributed by atoms with Crippen molar-refractivity contribution in [3.8, 4) is 11.3 Å². The molecule has 1 heterocycles. The van der Waals surface area contributed by atoms with Crippen molar-refractivity contribution in [3.05, 3.63) is 56.4 Å². The highest BCUT2D eigenvalue weighted by molar-refractivity contribution is 5.62. The van der Waals surface area contributed by atoms with Crippen LogP contribution in [0.2, 0.25) is 0 Å². The zero-order valence-corrected chi connectivity index (χ0v) is 12.2. The summed E-state index contributed by atoms with van der Waals surface area (Å²) >= 11 is 0. The van der Waals surface area contributed by atoms with Gasteiger partial charge in [0.2, 0.25) is 0 Å². The molecule has 1 aliphatic rings. The molecule has 2 aromatic rings. The zero-order valence-electron chi connectivity index (χ0n) is 12.2. The van der Waals surface area contributed by atoms with Crippen LogP contribution < -0.4 is 10.9 Å². The molecule has 0 atom stereocenters. The second-order valence-electron chi connectivity index (χ2n) is 5.45. The van der Waals surface area contributed by atoms with Crippen molar-refractivity contribution in [2.75, 3.05) is 0 Å². The molecule has 1 N–H and O–H groups in total. The van der Waals surface area contributed by atoms with Crippen LogP contribution in [0.4, 0.5) is 5.69 Å². The topological polar surface area (TPSA) is 90.1 Å². The molecule has 0 amide bonds. The van der Waals surface area contributed by atoms with E-state index in [0.717, 1.165) is 12.8 Å². The number of nitro groups is 1. The van der Waals surface area contributed by atoms with Gasteiger partial charge in [0.05, 0.1) is 10.6 Å². The predicted molar refractivity (Wildman–Crippen MR) is 81.4 cm³/mol. The van der Waals surface area contributed by atoms with Gasteiger partial charge in [0.15, 0.2) is 0 Å². The molecule has 0 aliphatic heterocycles. The van der Waals surface area contributed by atoms with E-state index in [1.807, 2.05) is 0 Å². The van der Waals surface area contributed by atoms with Crippen LogP contribution in [0, 0.1) is 10.1 Å². The van der Waals surface area contributed by atoms with E-state index >= 15 is 0 Å². The maximum absolute atomic E-state index is 12.1. The predicted octanol–water partition coefficient (Wildman–Crippen LogP) is 1.61. The van der Waals surface area contributed by atoms with Gasteiger partial charge >= 0.3 is 0 Å². The minimum atomic E-state index is -0.443. The first-order chi connectivity index (χ1) is 10.5. The molecule has 1 aliphatic carbocycles. The molecule has 0 unspecified atom stereocenters. The number of aromatic nitrogens is 2. The van der Waals surface area contributed by atoms with E-state index in [1.54, 1.807) is 25.2 Å². The van der Waals surface area contributed by atoms with Crippen LogP contribution in [0.5, 0.6) is 0 Å². The summed E-state index contributed by atoms with van der Waals surface area (Å²) < 4.78 is 1.28. The monoisotopic (exact) mass is 300 g/mol. The number of hydrogen-bond acceptors (Lipinski definition) is 5. The Labute approximate surface area is 126 Å². The summed E-state index contributed by atoms with van der Waals surface area (Å²) in [5.41, 5.74) is 1.65. The average molecular weight is 300 g/mol. The Morgan fingerprint density at radius 2 is 2.18 bits per heavy atom. The lowest BCUT2D eigenvalue weighted by Crippen LogP contribution is -2.28. The highest BCUT2D eigenvalue weighted by Gasteiger charge is 2.21. The van der Waals surface area contributed by atoms with Crippen LogP contribution in [0.3, 0.4) is 0 Å². The van der Waals surface area contributed by atoms with Crippen molar-refractivity contribution in [1.82, 2.24) is 15.1 Å². The maximum atomic E-state index is 12.1. The normalized spacial score (nSPS) is 14.0. The van der Waals surface area contributed by atoms with Gasteiger partial charge in [-0.3, -0.25) is 14.9 Å². The van der Waals surface area contributed by atoms with Crippen LogP contribution in [-0.4, -0.2) is 20.7 Å². The highest BCUT2D eigenvalue weighted by atomic mass is 16.6. The van der Waals surface area contributed by atoms with Gasteiger partial charge in [-0.2, -0.15) is 5.10 Å². The molecule has 0 bridgehead atoms. The van der Waals surface area contributed by atoms with Gasteiger partial charge < -0.3 is 5.32 Å². The summed E-state index contributed by atoms with van der Waals surface area (Å²) in [7, 11) is 1.59. The number of non-ortho nitro benzene ring substituents is 1. The summed E-state index contributed by atoms with van der Waals surface area (Å²) in [6.07, 6.45) is 2.28. The van der Waals surface area contributed by atoms with Crippen molar-refractivity contribution in [1.29, 1.82) is 0 Å². The van der Waals surface area contributed by atoms with Gasteiger partial charge in [0.25, 0.3) is 11.2 Å². The number of rotatable bonds is 5. The van der Waals surface area contributed by atoms with Crippen LogP contribution in [-0.2, 0) is 13.6 Å². The fourth-order valence-corrected chi connectivity index (χ4v) is 2.26. The van der Waals surface area contributed by atoms with E-state index in [2.05, 4.69) is 10.4 Å². The molecular weight excluding hydrogens is 284 g/mol. The Bertz CT molecular complexity index is 781. The molecule has 114 valence electrons. The Balaban J connectivity index is 1.97. The van der Waals surface area contributed by atoms with Crippen molar-refractivity contribution in [2.24, 2.45) is 7.05 Å². The average Bonchev–Trinajstić information content (AvgIpc) is 3.33. The minimum absolute atomic E-state index is 0.00538. The Hall–Kier alpha value is -2.54. The SMILES string of the molecule is Cn1nc(-c2cccc([N+](=O)[O-])c2)cc(CNC2CC2)c1=O. The number of hydrogen-bond donors (Lipinski definition) is 1. The van der Waals surface area contributed by atoms with Gasteiger partial charge in [-0.15, -0.1) is 0 Å². The number of benzene rings is 1. The van der Waals surface area contributed by atoms with Crippen LogP contribution in [0.25, 0.3) is 11.3 Å². The third kappa shape index (κ3) is 3.04. The van der Waals surface area contributed by atoms with Crippen molar-refractivity contribution in [2.45, 2.75) is 25.4 Å². The maximum Gasteiger partial charge on any atom is 0.271 e. The largest absolute Gasteiger partial charge is 0.310 e. The standard InChI is InChI=1S/C15H16N4O3/c1-18-15(20)11(9-16-12-5-6-12)8-14(17-18)10-3-2-4-13(7-10)19(21)22/h2-4,7-8,12,16H,5-6,9H2,1H3. The van der Waals surface area contributed by atoms with Gasteiger partial charge in [-0.1, -0.05) is 12.1 Å². The van der Waals surface area contributed by atoms with Gasteiger partial charge in [-0.25, -0.2) is 4.68 Å². The van der Waals surface area contributed by atoms with E-state index in [0.29, 0.717) is 29.4 Å². The van der Waals surface area contributed by atoms with Crippen LogP contribution >= 0.6 is 0 Å². The molecule has 3 rings (SSSR count). The number of nitro benzene ring substituents is 1. The lowest BCUT2D eigenvalue weighted by molar-refractivity contribution is -0.384. The van der Waals surface area contributed by atoms with E-state index in [1.165, 1.54) is 16.8 Å². The molecule has 0 radical (unpaired) electrons. The van der Waals surface area contributed by atoms with E-state index in [9.17, 15) is 14.9 Å². The highest BCUT2D eigenvalue weighted by Crippen LogP contribution is 2.22. The summed E-state index contributed by atoms with van der Waals surface area (Å²) in [4.78, 5) is 22.5. The van der Waals surface area contributed by atoms with Gasteiger partial charge in [-0.05, 0) is 18.9 Å². The third-order valence-electron chi connectivity index (χ3n) is 3.65. The van der Waals surface area contributed by atoms with Crippen molar-refractivity contribution >= 4 is 5.69 Å². The second kappa shape index (κ2) is 5.69. The molecule has 1 fully saturated rings. The lowest BCUT2D eigenvalue weighted by atomic mass is 10.1. The second-order valence-corrected chi connectivity index (χ2v) is 5.45. The van der Waals surface area contributed by atoms with E-state index in [-0.39, 0.29) is 11.2 Å². The first kappa shape index (κ1) is 14.4. The summed E-state index contributed by atoms with van der Waals surface area (Å²) in [5.74, 6) is 0. The van der Waals surface area contributed by atoms with Crippen molar-refractivity contribution in [3.63, 3.8) is 0 Å². The van der Waals surface area contributed by atoms with E-state index in [4.69, 9.17) is 0 Å². The molecule has 1 saturated carbocycles. The first-order valence-electron chi connectivity index (χ1n) is 7.10. The van der Waals surface area contributed by atoms with Gasteiger partial charge in [0.1, 0.15) is 0 Å². The summed E-state index contributed by atoms with van der Waals surface area (Å²) in [5, 5.41) is 18.4. The first-order valence-corrected chi connectivity index (χ1v) is 7.10. The summed E-state index contributed by atoms with van der Waals surface area (Å²) in [6, 6.07) is 8.46. The molecule has 7 nitrogen and oxygen atoms in total. The minimum Gasteiger partial charge on any atom is -0.310 e. The fourth-order valence-electron chi connectivity index (χ4n) is 2.26. The Kier molecular flexibility index (Phi) is 3.72. The smallest absolute Gasteiger partial charge is 0.271 e. The number of nitrogens with one attached hydrogen (secondary N) is 1. The van der Waals surface area contributed by atoms with E-state index < -0.39 is 4.92 Å². The molecular formula is C15H16N4O3.